The van der Waals surface area contributed by atoms with Crippen LogP contribution in [0.5, 0.6) is 0 Å². The maximum Gasteiger partial charge on any atom is 0.490 e. The van der Waals surface area contributed by atoms with Gasteiger partial charge in [0.05, 0.1) is 29.7 Å². The number of alkyl carbamates (subject to hydrolysis) is 1. The van der Waals surface area contributed by atoms with Crippen LogP contribution in [0.2, 0.25) is 0 Å². The summed E-state index contributed by atoms with van der Waals surface area (Å²) in [6.07, 6.45) is -2.86. The number of carbonyl (C=O) groups excluding carboxylic acids is 1. The normalized spacial score (nSPS) is 20.7. The number of phosphoric acid groups is 3. The fourth-order valence-electron chi connectivity index (χ4n) is 4.43. The molecule has 1 aromatic heterocycles. The second-order valence-electron chi connectivity index (χ2n) is 10.3. The molecule has 7 N–H and O–H groups in total. The standard InChI is InChI=1S/C24H32N5O17P3/c1-14-9-21(44-20(14)13-42-48(38,39)46-49(40,41)45-47(35,36)37)28-12-17(22(30)27-23(28)31)5-4-8-26-24(32)43-15(2)18-10-16(11-25-3)6-7-19(18)29(33)34/h6-7,10,12,14-15,20-21,25H,8-9,11,13H2,1-3H3,(H,26,32)(H,38,39)(H,40,41)(H,27,30,31)(H2,35,36,37)/t14?,15?,20-,21-/m1/s1. The van der Waals surface area contributed by atoms with Gasteiger partial charge in [-0.1, -0.05) is 24.8 Å². The molecule has 6 atom stereocenters. The SMILES string of the molecule is CNCc1ccc([N+](=O)[O-])c(C(C)OC(=O)NCC#Cc2cn([C@H]3CC(C)[C@@H](COP(=O)(O)OP(=O)(O)OP(=O)(O)O)O3)c(=O)[nH]c2=O)c1. The van der Waals surface area contributed by atoms with E-state index in [4.69, 9.17) is 19.3 Å². The number of nitro benzene ring substituents is 1. The van der Waals surface area contributed by atoms with Crippen LogP contribution >= 0.6 is 23.5 Å². The van der Waals surface area contributed by atoms with Crippen LogP contribution in [-0.2, 0) is 42.9 Å². The van der Waals surface area contributed by atoms with Crippen molar-refractivity contribution in [2.75, 3.05) is 20.2 Å². The van der Waals surface area contributed by atoms with E-state index >= 15 is 0 Å². The number of nitrogens with zero attached hydrogens (tertiary/aromatic N) is 2. The monoisotopic (exact) mass is 755 g/mol. The lowest BCUT2D eigenvalue weighted by Crippen LogP contribution is -2.34. The zero-order valence-electron chi connectivity index (χ0n) is 25.8. The van der Waals surface area contributed by atoms with Crippen molar-refractivity contribution in [3.63, 3.8) is 0 Å². The zero-order valence-corrected chi connectivity index (χ0v) is 28.5. The summed E-state index contributed by atoms with van der Waals surface area (Å²) in [7, 11) is -15.0. The van der Waals surface area contributed by atoms with Gasteiger partial charge in [-0.15, -0.1) is 0 Å². The van der Waals surface area contributed by atoms with E-state index in [1.165, 1.54) is 13.0 Å². The minimum absolute atomic E-state index is 0.102. The first-order valence-electron chi connectivity index (χ1n) is 13.8. The third-order valence-corrected chi connectivity index (χ3v) is 10.4. The summed E-state index contributed by atoms with van der Waals surface area (Å²) in [6.45, 7) is 2.41. The van der Waals surface area contributed by atoms with Crippen LogP contribution in [-0.4, -0.2) is 66.4 Å². The molecule has 2 heterocycles. The first kappa shape index (κ1) is 39.9. The first-order valence-corrected chi connectivity index (χ1v) is 18.4. The van der Waals surface area contributed by atoms with Crippen molar-refractivity contribution in [3.8, 4) is 11.8 Å². The van der Waals surface area contributed by atoms with Gasteiger partial charge >= 0.3 is 35.3 Å². The Bertz CT molecular complexity index is 1880. The summed E-state index contributed by atoms with van der Waals surface area (Å²) in [5.41, 5.74) is -1.31. The van der Waals surface area contributed by atoms with Crippen molar-refractivity contribution >= 4 is 35.2 Å². The molecule has 1 amide bonds. The molecule has 1 aliphatic heterocycles. The third-order valence-electron chi connectivity index (χ3n) is 6.57. The van der Waals surface area contributed by atoms with Gasteiger partial charge in [0.15, 0.2) is 0 Å². The van der Waals surface area contributed by atoms with E-state index < -0.39 is 76.7 Å². The molecule has 0 aliphatic carbocycles. The van der Waals surface area contributed by atoms with Crippen molar-refractivity contribution < 1.29 is 65.6 Å². The summed E-state index contributed by atoms with van der Waals surface area (Å²) in [6, 6.07) is 4.42. The Hall–Kier alpha value is -3.54. The lowest BCUT2D eigenvalue weighted by molar-refractivity contribution is -0.386. The molecular weight excluding hydrogens is 723 g/mol. The summed E-state index contributed by atoms with van der Waals surface area (Å²) in [5.74, 6) is 4.53. The summed E-state index contributed by atoms with van der Waals surface area (Å²) < 4.78 is 58.2. The molecule has 0 radical (unpaired) electrons. The molecule has 0 saturated carbocycles. The van der Waals surface area contributed by atoms with Gasteiger partial charge in [-0.25, -0.2) is 23.3 Å². The molecular formula is C24H32N5O17P3. The summed E-state index contributed by atoms with van der Waals surface area (Å²) >= 11 is 0. The van der Waals surface area contributed by atoms with E-state index in [2.05, 4.69) is 40.6 Å². The van der Waals surface area contributed by atoms with Gasteiger partial charge in [0.25, 0.3) is 11.2 Å². The highest BCUT2D eigenvalue weighted by molar-refractivity contribution is 7.66. The van der Waals surface area contributed by atoms with Gasteiger partial charge in [0.1, 0.15) is 17.9 Å². The van der Waals surface area contributed by atoms with E-state index in [0.717, 1.165) is 16.3 Å². The van der Waals surface area contributed by atoms with Crippen molar-refractivity contribution in [2.24, 2.45) is 5.92 Å². The number of rotatable bonds is 14. The molecule has 25 heteroatoms. The van der Waals surface area contributed by atoms with Crippen molar-refractivity contribution in [2.45, 2.75) is 45.2 Å². The molecule has 22 nitrogen and oxygen atoms in total. The van der Waals surface area contributed by atoms with Crippen molar-refractivity contribution in [1.82, 2.24) is 20.2 Å². The lowest BCUT2D eigenvalue weighted by Gasteiger charge is -2.20. The Morgan fingerprint density at radius 3 is 2.53 bits per heavy atom. The Morgan fingerprint density at radius 1 is 1.20 bits per heavy atom. The number of ether oxygens (including phenoxy) is 2. The number of nitro groups is 1. The molecule has 270 valence electrons. The predicted molar refractivity (Wildman–Crippen MR) is 164 cm³/mol. The lowest BCUT2D eigenvalue weighted by atomic mass is 10.0. The molecule has 1 aliphatic rings. The number of benzene rings is 1. The smallest absolute Gasteiger partial charge is 0.441 e. The minimum atomic E-state index is -5.72. The van der Waals surface area contributed by atoms with Crippen LogP contribution < -0.4 is 21.9 Å². The quantitative estimate of drug-likeness (QED) is 0.0618. The van der Waals surface area contributed by atoms with Gasteiger partial charge < -0.3 is 39.7 Å². The van der Waals surface area contributed by atoms with E-state index in [9.17, 15) is 48.0 Å². The van der Waals surface area contributed by atoms with Crippen molar-refractivity contribution in [1.29, 1.82) is 0 Å². The molecule has 4 unspecified atom stereocenters. The zero-order chi connectivity index (χ0) is 36.7. The topological polar surface area (TPSA) is 317 Å². The number of H-pyrrole nitrogens is 1. The number of hydrogen-bond acceptors (Lipinski definition) is 14. The average molecular weight is 755 g/mol. The van der Waals surface area contributed by atoms with E-state index in [1.54, 1.807) is 26.1 Å². The van der Waals surface area contributed by atoms with Gasteiger partial charge in [-0.3, -0.25) is 29.0 Å². The second-order valence-corrected chi connectivity index (χ2v) is 14.7. The molecule has 2 aromatic rings. The van der Waals surface area contributed by atoms with Gasteiger partial charge in [-0.2, -0.15) is 8.62 Å². The highest BCUT2D eigenvalue weighted by atomic mass is 31.3. The summed E-state index contributed by atoms with van der Waals surface area (Å²) in [5, 5.41) is 16.7. The van der Waals surface area contributed by atoms with Crippen LogP contribution in [0.1, 0.15) is 49.3 Å². The number of aromatic nitrogens is 2. The number of nitrogens with one attached hydrogen (secondary N) is 3. The van der Waals surface area contributed by atoms with Crippen LogP contribution in [0.15, 0.2) is 34.0 Å². The molecule has 1 aromatic carbocycles. The maximum absolute atomic E-state index is 12.5. The molecule has 3 rings (SSSR count). The molecule has 1 saturated heterocycles. The molecule has 49 heavy (non-hydrogen) atoms. The van der Waals surface area contributed by atoms with Crippen LogP contribution in [0.25, 0.3) is 0 Å². The van der Waals surface area contributed by atoms with Gasteiger partial charge in [0.2, 0.25) is 0 Å². The minimum Gasteiger partial charge on any atom is -0.441 e. The predicted octanol–water partition coefficient (Wildman–Crippen LogP) is 1.27. The Balaban J connectivity index is 1.62. The molecule has 1 fully saturated rings. The number of aromatic amines is 1. The summed E-state index contributed by atoms with van der Waals surface area (Å²) in [4.78, 5) is 86.4. The highest BCUT2D eigenvalue weighted by Gasteiger charge is 2.42. The fourth-order valence-corrected chi connectivity index (χ4v) is 7.46. The Morgan fingerprint density at radius 2 is 1.90 bits per heavy atom. The maximum atomic E-state index is 12.5. The number of amides is 1. The van der Waals surface area contributed by atoms with Crippen molar-refractivity contribution in [3.05, 3.63) is 72.0 Å². The van der Waals surface area contributed by atoms with E-state index in [1.807, 2.05) is 0 Å². The molecule has 0 spiro atoms. The Labute approximate surface area is 276 Å². The Kier molecular flexibility index (Phi) is 13.4. The van der Waals surface area contributed by atoms with E-state index in [-0.39, 0.29) is 29.8 Å². The van der Waals surface area contributed by atoms with Crippen LogP contribution in [0.3, 0.4) is 0 Å². The van der Waals surface area contributed by atoms with Gasteiger partial charge in [-0.05, 0) is 37.9 Å². The number of phosphoric ester groups is 1. The van der Waals surface area contributed by atoms with E-state index in [0.29, 0.717) is 6.54 Å². The second kappa shape index (κ2) is 16.4. The number of hydrogen-bond donors (Lipinski definition) is 7. The largest absolute Gasteiger partial charge is 0.490 e. The number of carbonyl (C=O) groups is 1. The average Bonchev–Trinajstić information content (AvgIpc) is 3.33. The van der Waals surface area contributed by atoms with Gasteiger partial charge in [0, 0.05) is 18.8 Å². The van der Waals surface area contributed by atoms with Crippen LogP contribution in [0, 0.1) is 27.9 Å². The fraction of sp³-hybridized carbons (Fsp3) is 0.458. The highest BCUT2D eigenvalue weighted by Crippen LogP contribution is 2.66. The van der Waals surface area contributed by atoms with Crippen LogP contribution in [0.4, 0.5) is 10.5 Å². The first-order chi connectivity index (χ1) is 22.7. The third kappa shape index (κ3) is 12.1. The molecule has 0 bridgehead atoms.